The van der Waals surface area contributed by atoms with Gasteiger partial charge in [-0.25, -0.2) is 9.59 Å². The minimum atomic E-state index is -4.60. The van der Waals surface area contributed by atoms with Gasteiger partial charge in [-0.05, 0) is 94.7 Å². The van der Waals surface area contributed by atoms with Gasteiger partial charge in [0, 0.05) is 17.6 Å². The molecule has 3 N–H and O–H groups in total. The number of methoxy groups -OCH3 is 1. The Balaban J connectivity index is 1.64. The highest BCUT2D eigenvalue weighted by atomic mass is 19.4. The molecule has 9 nitrogen and oxygen atoms in total. The molecule has 3 rings (SSSR count). The number of alkyl carbamates (subject to hydrolysis) is 1. The molecule has 1 aliphatic rings. The number of rotatable bonds is 9. The summed E-state index contributed by atoms with van der Waals surface area (Å²) in [7, 11) is 1.31. The zero-order valence-electron chi connectivity index (χ0n) is 24.7. The van der Waals surface area contributed by atoms with Crippen LogP contribution in [0.3, 0.4) is 0 Å². The fourth-order valence-corrected chi connectivity index (χ4v) is 5.06. The van der Waals surface area contributed by atoms with Crippen molar-refractivity contribution in [2.45, 2.75) is 76.7 Å². The maximum atomic E-state index is 13.0. The molecule has 0 aliphatic heterocycles. The summed E-state index contributed by atoms with van der Waals surface area (Å²) in [5.41, 5.74) is -0.486. The van der Waals surface area contributed by atoms with Gasteiger partial charge < -0.3 is 25.4 Å². The van der Waals surface area contributed by atoms with E-state index in [0.717, 1.165) is 23.8 Å². The average Bonchev–Trinajstić information content (AvgIpc) is 2.94. The van der Waals surface area contributed by atoms with Crippen molar-refractivity contribution in [1.29, 1.82) is 0 Å². The van der Waals surface area contributed by atoms with Gasteiger partial charge in [0.15, 0.2) is 0 Å². The minimum Gasteiger partial charge on any atom is -0.465 e. The maximum Gasteiger partial charge on any atom is 0.416 e. The van der Waals surface area contributed by atoms with Crippen LogP contribution in [-0.4, -0.2) is 55.2 Å². The van der Waals surface area contributed by atoms with Crippen LogP contribution in [0.5, 0.6) is 0 Å². The van der Waals surface area contributed by atoms with Crippen LogP contribution in [0.4, 0.5) is 18.0 Å². The van der Waals surface area contributed by atoms with Crippen LogP contribution in [-0.2, 0) is 26.9 Å². The molecule has 0 radical (unpaired) electrons. The number of hydrogen-bond acceptors (Lipinski definition) is 6. The van der Waals surface area contributed by atoms with E-state index in [0.29, 0.717) is 37.7 Å². The predicted octanol–water partition coefficient (Wildman–Crippen LogP) is 5.03. The third-order valence-electron chi connectivity index (χ3n) is 7.06. The van der Waals surface area contributed by atoms with Crippen molar-refractivity contribution in [3.8, 4) is 0 Å². The topological polar surface area (TPSA) is 123 Å². The first kappa shape index (κ1) is 33.4. The Morgan fingerprint density at radius 2 is 1.63 bits per heavy atom. The first-order valence-corrected chi connectivity index (χ1v) is 14.1. The lowest BCUT2D eigenvalue weighted by Crippen LogP contribution is -2.51. The van der Waals surface area contributed by atoms with Crippen LogP contribution in [0.25, 0.3) is 0 Å². The molecule has 0 spiro atoms. The third kappa shape index (κ3) is 10.6. The molecular weight excluding hydrogens is 567 g/mol. The molecule has 3 atom stereocenters. The van der Waals surface area contributed by atoms with E-state index >= 15 is 0 Å². The highest BCUT2D eigenvalue weighted by Gasteiger charge is 2.33. The summed E-state index contributed by atoms with van der Waals surface area (Å²) < 4.78 is 49.2. The highest BCUT2D eigenvalue weighted by molar-refractivity contribution is 5.96. The number of halogens is 3. The SMILES string of the molecule is COC(=O)c1cccc(CC[C@@H]2C[C@H](NC(=O)OC(C)(C)C)CC[C@@H]2NC(=O)CNC(=O)c2cccc(C(F)(F)F)c2)c1. The molecule has 0 saturated heterocycles. The van der Waals surface area contributed by atoms with E-state index < -0.39 is 47.8 Å². The van der Waals surface area contributed by atoms with Gasteiger partial charge in [-0.3, -0.25) is 9.59 Å². The molecule has 43 heavy (non-hydrogen) atoms. The van der Waals surface area contributed by atoms with Gasteiger partial charge in [0.05, 0.1) is 24.8 Å². The maximum absolute atomic E-state index is 13.0. The molecule has 1 fully saturated rings. The molecule has 1 aliphatic carbocycles. The Morgan fingerprint density at radius 3 is 2.30 bits per heavy atom. The molecule has 2 aromatic carbocycles. The Labute approximate surface area is 248 Å². The molecule has 0 heterocycles. The van der Waals surface area contributed by atoms with Crippen LogP contribution >= 0.6 is 0 Å². The normalized spacial score (nSPS) is 18.7. The van der Waals surface area contributed by atoms with Gasteiger partial charge >= 0.3 is 18.2 Å². The first-order chi connectivity index (χ1) is 20.1. The van der Waals surface area contributed by atoms with E-state index in [2.05, 4.69) is 16.0 Å². The van der Waals surface area contributed by atoms with E-state index in [1.807, 2.05) is 6.07 Å². The van der Waals surface area contributed by atoms with E-state index in [9.17, 15) is 32.3 Å². The second-order valence-electron chi connectivity index (χ2n) is 11.6. The van der Waals surface area contributed by atoms with Crippen molar-refractivity contribution in [2.24, 2.45) is 5.92 Å². The zero-order chi connectivity index (χ0) is 31.8. The van der Waals surface area contributed by atoms with Crippen molar-refractivity contribution in [1.82, 2.24) is 16.0 Å². The van der Waals surface area contributed by atoms with Gasteiger partial charge in [-0.2, -0.15) is 13.2 Å². The van der Waals surface area contributed by atoms with Gasteiger partial charge in [-0.1, -0.05) is 18.2 Å². The van der Waals surface area contributed by atoms with Gasteiger partial charge in [0.1, 0.15) is 5.60 Å². The van der Waals surface area contributed by atoms with Crippen molar-refractivity contribution < 1.29 is 41.8 Å². The number of alkyl halides is 3. The monoisotopic (exact) mass is 605 g/mol. The first-order valence-electron chi connectivity index (χ1n) is 14.1. The molecule has 12 heteroatoms. The Bertz CT molecular complexity index is 1310. The summed E-state index contributed by atoms with van der Waals surface area (Å²) in [5.74, 6) is -1.80. The van der Waals surface area contributed by atoms with Crippen molar-refractivity contribution in [2.75, 3.05) is 13.7 Å². The number of aryl methyl sites for hydroxylation is 1. The average molecular weight is 606 g/mol. The molecule has 234 valence electrons. The molecular formula is C31H38F3N3O6. The molecule has 2 aromatic rings. The van der Waals surface area contributed by atoms with Crippen LogP contribution in [0.1, 0.15) is 78.3 Å². The van der Waals surface area contributed by atoms with Crippen LogP contribution in [0.2, 0.25) is 0 Å². The molecule has 3 amide bonds. The number of nitrogens with one attached hydrogen (secondary N) is 3. The van der Waals surface area contributed by atoms with Crippen LogP contribution in [0.15, 0.2) is 48.5 Å². The smallest absolute Gasteiger partial charge is 0.416 e. The summed E-state index contributed by atoms with van der Waals surface area (Å²) >= 11 is 0. The molecule has 0 unspecified atom stereocenters. The summed E-state index contributed by atoms with van der Waals surface area (Å²) in [6, 6.07) is 10.6. The van der Waals surface area contributed by atoms with E-state index in [-0.39, 0.29) is 23.6 Å². The number of amides is 3. The van der Waals surface area contributed by atoms with Gasteiger partial charge in [0.25, 0.3) is 5.91 Å². The quantitative estimate of drug-likeness (QED) is 0.345. The Morgan fingerprint density at radius 1 is 0.930 bits per heavy atom. The standard InChI is InChI=1S/C31H38F3N3O6/c1-30(2,3)43-29(41)36-24-13-14-25(20(17-24)12-11-19-7-5-9-22(15-19)28(40)42-4)37-26(38)18-35-27(39)21-8-6-10-23(16-21)31(32,33)34/h5-10,15-16,20,24-25H,11-14,17-18H2,1-4H3,(H,35,39)(H,36,41)(H,37,38)/t20-,24-,25+/m1/s1. The fraction of sp³-hybridized carbons (Fsp3) is 0.484. The molecule has 0 aromatic heterocycles. The Kier molecular flexibility index (Phi) is 11.2. The van der Waals surface area contributed by atoms with E-state index in [1.54, 1.807) is 39.0 Å². The number of carbonyl (C=O) groups is 4. The Hall–Kier alpha value is -4.09. The summed E-state index contributed by atoms with van der Waals surface area (Å²) in [6.07, 6.45) is -2.23. The minimum absolute atomic E-state index is 0.0708. The zero-order valence-corrected chi connectivity index (χ0v) is 24.7. The number of carbonyl (C=O) groups excluding carboxylic acids is 4. The number of esters is 1. The van der Waals surface area contributed by atoms with Crippen molar-refractivity contribution >= 4 is 23.9 Å². The van der Waals surface area contributed by atoms with Gasteiger partial charge in [-0.15, -0.1) is 0 Å². The fourth-order valence-electron chi connectivity index (χ4n) is 5.06. The summed E-state index contributed by atoms with van der Waals surface area (Å²) in [6.45, 7) is 4.90. The second-order valence-corrected chi connectivity index (χ2v) is 11.6. The largest absolute Gasteiger partial charge is 0.465 e. The van der Waals surface area contributed by atoms with E-state index in [1.165, 1.54) is 13.2 Å². The number of ether oxygens (including phenoxy) is 2. The number of hydrogen-bond donors (Lipinski definition) is 3. The summed E-state index contributed by atoms with van der Waals surface area (Å²) in [5, 5.41) is 8.24. The lowest BCUT2D eigenvalue weighted by molar-refractivity contribution is -0.137. The number of benzene rings is 2. The lowest BCUT2D eigenvalue weighted by Gasteiger charge is -2.37. The predicted molar refractivity (Wildman–Crippen MR) is 152 cm³/mol. The van der Waals surface area contributed by atoms with Gasteiger partial charge in [0.2, 0.25) is 5.91 Å². The van der Waals surface area contributed by atoms with E-state index in [4.69, 9.17) is 9.47 Å². The summed E-state index contributed by atoms with van der Waals surface area (Å²) in [4.78, 5) is 49.6. The molecule has 0 bridgehead atoms. The third-order valence-corrected chi connectivity index (χ3v) is 7.06. The lowest BCUT2D eigenvalue weighted by atomic mass is 9.78. The van der Waals surface area contributed by atoms with Crippen LogP contribution < -0.4 is 16.0 Å². The van der Waals surface area contributed by atoms with Crippen molar-refractivity contribution in [3.63, 3.8) is 0 Å². The van der Waals surface area contributed by atoms with Crippen molar-refractivity contribution in [3.05, 3.63) is 70.8 Å². The van der Waals surface area contributed by atoms with Crippen LogP contribution in [0, 0.1) is 5.92 Å². The highest BCUT2D eigenvalue weighted by Crippen LogP contribution is 2.30. The molecule has 1 saturated carbocycles. The second kappa shape index (κ2) is 14.4.